The number of carbonyl (C=O) groups is 2. The first kappa shape index (κ1) is 19.4. The Kier molecular flexibility index (Phi) is 6.95. The predicted molar refractivity (Wildman–Crippen MR) is 108 cm³/mol. The van der Waals surface area contributed by atoms with E-state index in [0.29, 0.717) is 31.5 Å². The van der Waals surface area contributed by atoms with Crippen LogP contribution in [0.15, 0.2) is 73.1 Å². The molecule has 0 bridgehead atoms. The highest BCUT2D eigenvalue weighted by molar-refractivity contribution is 5.94. The summed E-state index contributed by atoms with van der Waals surface area (Å²) in [4.78, 5) is 23.8. The van der Waals surface area contributed by atoms with Crippen molar-refractivity contribution < 1.29 is 9.59 Å². The number of rotatable bonds is 9. The molecule has 2 aromatic carbocycles. The van der Waals surface area contributed by atoms with Crippen LogP contribution >= 0.6 is 0 Å². The summed E-state index contributed by atoms with van der Waals surface area (Å²) in [5.74, 6) is -0.110. The Morgan fingerprint density at radius 3 is 2.39 bits per heavy atom. The second-order valence-corrected chi connectivity index (χ2v) is 6.44. The largest absolute Gasteiger partial charge is 0.356 e. The van der Waals surface area contributed by atoms with Gasteiger partial charge in [0.2, 0.25) is 5.91 Å². The molecule has 28 heavy (non-hydrogen) atoms. The Morgan fingerprint density at radius 2 is 1.68 bits per heavy atom. The Balaban J connectivity index is 1.30. The molecule has 0 saturated carbocycles. The Bertz CT molecular complexity index is 875. The molecule has 0 aliphatic rings. The Morgan fingerprint density at radius 1 is 0.893 bits per heavy atom. The maximum absolute atomic E-state index is 11.9. The van der Waals surface area contributed by atoms with E-state index in [1.54, 1.807) is 18.3 Å². The molecule has 6 heteroatoms. The van der Waals surface area contributed by atoms with Crippen LogP contribution in [-0.2, 0) is 11.2 Å². The van der Waals surface area contributed by atoms with Gasteiger partial charge in [-0.25, -0.2) is 4.68 Å². The fourth-order valence-electron chi connectivity index (χ4n) is 2.81. The molecule has 6 nitrogen and oxygen atoms in total. The summed E-state index contributed by atoms with van der Waals surface area (Å²) in [7, 11) is 0. The topological polar surface area (TPSA) is 76.0 Å². The van der Waals surface area contributed by atoms with Gasteiger partial charge in [0, 0.05) is 37.5 Å². The molecule has 1 aromatic heterocycles. The standard InChI is InChI=1S/C22H24N4O2/c27-21(8-4-14-24-22(28)19-6-2-1-3-7-19)23-16-13-18-9-11-20(12-10-18)26-17-5-15-25-26/h1-3,5-7,9-12,15,17H,4,8,13-14,16H2,(H,23,27)(H,24,28). The molecule has 0 atom stereocenters. The molecule has 3 rings (SSSR count). The third kappa shape index (κ3) is 5.81. The number of carbonyl (C=O) groups excluding carboxylic acids is 2. The van der Waals surface area contributed by atoms with Crippen molar-refractivity contribution in [1.29, 1.82) is 0 Å². The summed E-state index contributed by atoms with van der Waals surface area (Å²) >= 11 is 0. The van der Waals surface area contributed by atoms with Crippen molar-refractivity contribution in [2.45, 2.75) is 19.3 Å². The van der Waals surface area contributed by atoms with Crippen LogP contribution in [0.2, 0.25) is 0 Å². The van der Waals surface area contributed by atoms with Crippen molar-refractivity contribution in [2.75, 3.05) is 13.1 Å². The molecular formula is C22H24N4O2. The van der Waals surface area contributed by atoms with Crippen LogP contribution in [0.25, 0.3) is 5.69 Å². The third-order valence-electron chi connectivity index (χ3n) is 4.34. The molecule has 1 heterocycles. The fourth-order valence-corrected chi connectivity index (χ4v) is 2.81. The number of benzene rings is 2. The van der Waals surface area contributed by atoms with Gasteiger partial charge in [-0.3, -0.25) is 9.59 Å². The maximum atomic E-state index is 11.9. The average Bonchev–Trinajstić information content (AvgIpc) is 3.27. The van der Waals surface area contributed by atoms with E-state index in [-0.39, 0.29) is 11.8 Å². The van der Waals surface area contributed by atoms with Crippen molar-refractivity contribution in [2.24, 2.45) is 0 Å². The number of aromatic nitrogens is 2. The lowest BCUT2D eigenvalue weighted by atomic mass is 10.1. The van der Waals surface area contributed by atoms with Crippen LogP contribution in [0, 0.1) is 0 Å². The molecule has 2 N–H and O–H groups in total. The van der Waals surface area contributed by atoms with Crippen molar-refractivity contribution in [1.82, 2.24) is 20.4 Å². The maximum Gasteiger partial charge on any atom is 0.251 e. The van der Waals surface area contributed by atoms with Gasteiger partial charge in [0.05, 0.1) is 5.69 Å². The van der Waals surface area contributed by atoms with Gasteiger partial charge in [-0.2, -0.15) is 5.10 Å². The molecule has 2 amide bonds. The quantitative estimate of drug-likeness (QED) is 0.564. The van der Waals surface area contributed by atoms with E-state index < -0.39 is 0 Å². The van der Waals surface area contributed by atoms with Crippen LogP contribution in [0.1, 0.15) is 28.8 Å². The van der Waals surface area contributed by atoms with Gasteiger partial charge in [-0.15, -0.1) is 0 Å². The molecule has 3 aromatic rings. The Hall–Kier alpha value is -3.41. The van der Waals surface area contributed by atoms with Crippen LogP contribution < -0.4 is 10.6 Å². The van der Waals surface area contributed by atoms with E-state index in [1.165, 1.54) is 0 Å². The number of nitrogens with one attached hydrogen (secondary N) is 2. The molecule has 0 saturated heterocycles. The molecule has 0 unspecified atom stereocenters. The van der Waals surface area contributed by atoms with Crippen LogP contribution in [0.4, 0.5) is 0 Å². The first-order chi connectivity index (χ1) is 13.7. The van der Waals surface area contributed by atoms with Crippen molar-refractivity contribution in [3.05, 3.63) is 84.2 Å². The summed E-state index contributed by atoms with van der Waals surface area (Å²) in [6.07, 6.45) is 5.43. The second kappa shape index (κ2) is 10.1. The summed E-state index contributed by atoms with van der Waals surface area (Å²) in [6, 6.07) is 19.1. The Labute approximate surface area is 164 Å². The minimum atomic E-state index is -0.112. The molecule has 144 valence electrons. The van der Waals surface area contributed by atoms with E-state index in [9.17, 15) is 9.59 Å². The zero-order valence-electron chi connectivity index (χ0n) is 15.7. The monoisotopic (exact) mass is 376 g/mol. The van der Waals surface area contributed by atoms with E-state index in [4.69, 9.17) is 0 Å². The average molecular weight is 376 g/mol. The first-order valence-corrected chi connectivity index (χ1v) is 9.41. The highest BCUT2D eigenvalue weighted by Crippen LogP contribution is 2.08. The summed E-state index contributed by atoms with van der Waals surface area (Å²) in [6.45, 7) is 1.08. The van der Waals surface area contributed by atoms with Gasteiger partial charge in [-0.1, -0.05) is 30.3 Å². The van der Waals surface area contributed by atoms with Gasteiger partial charge in [0.1, 0.15) is 0 Å². The van der Waals surface area contributed by atoms with Gasteiger partial charge >= 0.3 is 0 Å². The van der Waals surface area contributed by atoms with Crippen LogP contribution in [-0.4, -0.2) is 34.7 Å². The molecular weight excluding hydrogens is 352 g/mol. The third-order valence-corrected chi connectivity index (χ3v) is 4.34. The minimum absolute atomic E-state index is 0.00196. The zero-order chi connectivity index (χ0) is 19.6. The van der Waals surface area contributed by atoms with Gasteiger partial charge in [-0.05, 0) is 48.7 Å². The van der Waals surface area contributed by atoms with Crippen molar-refractivity contribution in [3.8, 4) is 5.69 Å². The lowest BCUT2D eigenvalue weighted by molar-refractivity contribution is -0.121. The van der Waals surface area contributed by atoms with E-state index >= 15 is 0 Å². The lowest BCUT2D eigenvalue weighted by Gasteiger charge is -2.07. The lowest BCUT2D eigenvalue weighted by Crippen LogP contribution is -2.28. The molecule has 0 aliphatic heterocycles. The van der Waals surface area contributed by atoms with Gasteiger partial charge in [0.15, 0.2) is 0 Å². The highest BCUT2D eigenvalue weighted by Gasteiger charge is 2.05. The first-order valence-electron chi connectivity index (χ1n) is 9.41. The normalized spacial score (nSPS) is 10.4. The van der Waals surface area contributed by atoms with Crippen LogP contribution in [0.5, 0.6) is 0 Å². The SMILES string of the molecule is O=C(CCCNC(=O)c1ccccc1)NCCc1ccc(-n2cccn2)cc1. The summed E-state index contributed by atoms with van der Waals surface area (Å²) in [5, 5.41) is 9.95. The molecule has 0 aliphatic carbocycles. The van der Waals surface area contributed by atoms with E-state index in [0.717, 1.165) is 17.7 Å². The zero-order valence-corrected chi connectivity index (χ0v) is 15.7. The number of nitrogens with zero attached hydrogens (tertiary/aromatic N) is 2. The molecule has 0 spiro atoms. The van der Waals surface area contributed by atoms with E-state index in [1.807, 2.05) is 59.4 Å². The summed E-state index contributed by atoms with van der Waals surface area (Å²) in [5.41, 5.74) is 2.80. The smallest absolute Gasteiger partial charge is 0.251 e. The van der Waals surface area contributed by atoms with Crippen molar-refractivity contribution in [3.63, 3.8) is 0 Å². The number of hydrogen-bond acceptors (Lipinski definition) is 3. The fraction of sp³-hybridized carbons (Fsp3) is 0.227. The highest BCUT2D eigenvalue weighted by atomic mass is 16.2. The molecule has 0 fully saturated rings. The number of hydrogen-bond donors (Lipinski definition) is 2. The summed E-state index contributed by atoms with van der Waals surface area (Å²) < 4.78 is 1.81. The van der Waals surface area contributed by atoms with Gasteiger partial charge < -0.3 is 10.6 Å². The second-order valence-electron chi connectivity index (χ2n) is 6.44. The van der Waals surface area contributed by atoms with Crippen molar-refractivity contribution >= 4 is 11.8 Å². The van der Waals surface area contributed by atoms with E-state index in [2.05, 4.69) is 15.7 Å². The minimum Gasteiger partial charge on any atom is -0.356 e. The number of amides is 2. The molecule has 0 radical (unpaired) electrons. The van der Waals surface area contributed by atoms with Gasteiger partial charge in [0.25, 0.3) is 5.91 Å². The van der Waals surface area contributed by atoms with Crippen LogP contribution in [0.3, 0.4) is 0 Å². The predicted octanol–water partition coefficient (Wildman–Crippen LogP) is 2.74.